The molecule has 0 bridgehead atoms. The van der Waals surface area contributed by atoms with Gasteiger partial charge in [0, 0.05) is 16.6 Å². The van der Waals surface area contributed by atoms with E-state index in [1.54, 1.807) is 12.3 Å². The summed E-state index contributed by atoms with van der Waals surface area (Å²) < 4.78 is 0.886. The van der Waals surface area contributed by atoms with E-state index in [-0.39, 0.29) is 11.8 Å². The molecular formula is C13H15BrN2O3. The first-order valence-electron chi connectivity index (χ1n) is 6.13. The molecule has 2 rings (SSSR count). The molecule has 6 heteroatoms. The normalized spacial score (nSPS) is 22.2. The molecule has 2 atom stereocenters. The Bertz CT molecular complexity index is 519. The SMILES string of the molecule is Cc1cc(NC(=O)[C@@H]2CC[C@H](C(=O)O)C2)ncc1Br. The number of carbonyl (C=O) groups excluding carboxylic acids is 1. The van der Waals surface area contributed by atoms with E-state index >= 15 is 0 Å². The van der Waals surface area contributed by atoms with Gasteiger partial charge >= 0.3 is 5.97 Å². The van der Waals surface area contributed by atoms with Crippen molar-refractivity contribution in [2.75, 3.05) is 5.32 Å². The predicted octanol–water partition coefficient (Wildman–Crippen LogP) is 2.59. The van der Waals surface area contributed by atoms with Crippen molar-refractivity contribution in [3.05, 3.63) is 22.3 Å². The standard InChI is InChI=1S/C13H15BrN2O3/c1-7-4-11(15-6-10(7)14)16-12(17)8-2-3-9(5-8)13(18)19/h4,6,8-9H,2-3,5H2,1H3,(H,18,19)(H,15,16,17)/t8-,9+/m1/s1. The summed E-state index contributed by atoms with van der Waals surface area (Å²) >= 11 is 3.35. The summed E-state index contributed by atoms with van der Waals surface area (Å²) in [7, 11) is 0. The molecule has 1 amide bonds. The van der Waals surface area contributed by atoms with Crippen molar-refractivity contribution in [2.45, 2.75) is 26.2 Å². The Balaban J connectivity index is 1.98. The lowest BCUT2D eigenvalue weighted by atomic mass is 10.0. The monoisotopic (exact) mass is 326 g/mol. The number of anilines is 1. The van der Waals surface area contributed by atoms with Crippen LogP contribution in [0.5, 0.6) is 0 Å². The first kappa shape index (κ1) is 14.0. The molecule has 102 valence electrons. The summed E-state index contributed by atoms with van der Waals surface area (Å²) in [5, 5.41) is 11.7. The van der Waals surface area contributed by atoms with E-state index in [1.807, 2.05) is 6.92 Å². The molecule has 19 heavy (non-hydrogen) atoms. The second kappa shape index (κ2) is 5.69. The third kappa shape index (κ3) is 3.32. The highest BCUT2D eigenvalue weighted by Crippen LogP contribution is 2.31. The average Bonchev–Trinajstić information content (AvgIpc) is 2.83. The second-order valence-corrected chi connectivity index (χ2v) is 5.71. The quantitative estimate of drug-likeness (QED) is 0.894. The van der Waals surface area contributed by atoms with Gasteiger partial charge in [-0.05, 0) is 53.7 Å². The minimum Gasteiger partial charge on any atom is -0.481 e. The largest absolute Gasteiger partial charge is 0.481 e. The van der Waals surface area contributed by atoms with E-state index in [1.165, 1.54) is 0 Å². The van der Waals surface area contributed by atoms with Crippen LogP contribution < -0.4 is 5.32 Å². The number of nitrogens with one attached hydrogen (secondary N) is 1. The van der Waals surface area contributed by atoms with Gasteiger partial charge in [0.15, 0.2) is 0 Å². The number of carboxylic acids is 1. The molecular weight excluding hydrogens is 312 g/mol. The summed E-state index contributed by atoms with van der Waals surface area (Å²) in [4.78, 5) is 27.0. The molecule has 0 saturated heterocycles. The maximum atomic E-state index is 12.0. The lowest BCUT2D eigenvalue weighted by Crippen LogP contribution is -2.22. The molecule has 0 aromatic carbocycles. The van der Waals surface area contributed by atoms with E-state index in [0.29, 0.717) is 25.1 Å². The number of aryl methyl sites for hydroxylation is 1. The second-order valence-electron chi connectivity index (χ2n) is 4.85. The van der Waals surface area contributed by atoms with Crippen LogP contribution in [-0.2, 0) is 9.59 Å². The fourth-order valence-electron chi connectivity index (χ4n) is 2.28. The molecule has 1 aliphatic rings. The topological polar surface area (TPSA) is 79.3 Å². The highest BCUT2D eigenvalue weighted by atomic mass is 79.9. The summed E-state index contributed by atoms with van der Waals surface area (Å²) in [5.74, 6) is -1.07. The molecule has 1 aliphatic carbocycles. The van der Waals surface area contributed by atoms with Gasteiger partial charge in [0.05, 0.1) is 5.92 Å². The Morgan fingerprint density at radius 2 is 2.11 bits per heavy atom. The molecule has 0 aliphatic heterocycles. The van der Waals surface area contributed by atoms with Crippen LogP contribution in [0.3, 0.4) is 0 Å². The maximum absolute atomic E-state index is 12.0. The summed E-state index contributed by atoms with van der Waals surface area (Å²) in [6.07, 6.45) is 3.24. The summed E-state index contributed by atoms with van der Waals surface area (Å²) in [6, 6.07) is 1.78. The summed E-state index contributed by atoms with van der Waals surface area (Å²) in [5.41, 5.74) is 0.986. The van der Waals surface area contributed by atoms with Crippen molar-refractivity contribution in [1.82, 2.24) is 4.98 Å². The van der Waals surface area contributed by atoms with E-state index in [2.05, 4.69) is 26.2 Å². The van der Waals surface area contributed by atoms with E-state index < -0.39 is 11.9 Å². The first-order valence-corrected chi connectivity index (χ1v) is 6.92. The number of rotatable bonds is 3. The number of hydrogen-bond donors (Lipinski definition) is 2. The zero-order valence-corrected chi connectivity index (χ0v) is 12.1. The van der Waals surface area contributed by atoms with Crippen molar-refractivity contribution >= 4 is 33.6 Å². The highest BCUT2D eigenvalue weighted by molar-refractivity contribution is 9.10. The van der Waals surface area contributed by atoms with Gasteiger partial charge in [0.25, 0.3) is 0 Å². The Kier molecular flexibility index (Phi) is 4.19. The zero-order valence-electron chi connectivity index (χ0n) is 10.5. The lowest BCUT2D eigenvalue weighted by Gasteiger charge is -2.11. The van der Waals surface area contributed by atoms with Crippen LogP contribution in [0.2, 0.25) is 0 Å². The Hall–Kier alpha value is -1.43. The van der Waals surface area contributed by atoms with Crippen LogP contribution in [0.25, 0.3) is 0 Å². The van der Waals surface area contributed by atoms with Crippen LogP contribution in [0, 0.1) is 18.8 Å². The zero-order chi connectivity index (χ0) is 14.0. The van der Waals surface area contributed by atoms with Gasteiger partial charge in [-0.3, -0.25) is 9.59 Å². The Morgan fingerprint density at radius 3 is 2.68 bits per heavy atom. The minimum absolute atomic E-state index is 0.141. The molecule has 0 spiro atoms. The van der Waals surface area contributed by atoms with Crippen LogP contribution in [0.15, 0.2) is 16.7 Å². The van der Waals surface area contributed by atoms with Gasteiger partial charge in [0.1, 0.15) is 5.82 Å². The molecule has 1 aromatic heterocycles. The van der Waals surface area contributed by atoms with Gasteiger partial charge in [-0.1, -0.05) is 0 Å². The van der Waals surface area contributed by atoms with Gasteiger partial charge < -0.3 is 10.4 Å². The van der Waals surface area contributed by atoms with Crippen molar-refractivity contribution in [3.8, 4) is 0 Å². The van der Waals surface area contributed by atoms with E-state index in [0.717, 1.165) is 10.0 Å². The Labute approximate surface area is 119 Å². The minimum atomic E-state index is -0.812. The van der Waals surface area contributed by atoms with Gasteiger partial charge in [0.2, 0.25) is 5.91 Å². The third-order valence-electron chi connectivity index (χ3n) is 3.45. The number of hydrogen-bond acceptors (Lipinski definition) is 3. The van der Waals surface area contributed by atoms with Crippen molar-refractivity contribution in [1.29, 1.82) is 0 Å². The number of halogens is 1. The summed E-state index contributed by atoms with van der Waals surface area (Å²) in [6.45, 7) is 1.91. The average molecular weight is 327 g/mol. The molecule has 0 radical (unpaired) electrons. The fraction of sp³-hybridized carbons (Fsp3) is 0.462. The van der Waals surface area contributed by atoms with Crippen LogP contribution in [0.4, 0.5) is 5.82 Å². The highest BCUT2D eigenvalue weighted by Gasteiger charge is 2.33. The number of amides is 1. The molecule has 2 N–H and O–H groups in total. The van der Waals surface area contributed by atoms with Crippen molar-refractivity contribution < 1.29 is 14.7 Å². The molecule has 1 fully saturated rings. The van der Waals surface area contributed by atoms with Gasteiger partial charge in [-0.25, -0.2) is 4.98 Å². The third-order valence-corrected chi connectivity index (χ3v) is 4.28. The molecule has 5 nitrogen and oxygen atoms in total. The Morgan fingerprint density at radius 1 is 1.42 bits per heavy atom. The smallest absolute Gasteiger partial charge is 0.306 e. The number of nitrogens with zero attached hydrogens (tertiary/aromatic N) is 1. The number of carbonyl (C=O) groups is 2. The number of pyridine rings is 1. The van der Waals surface area contributed by atoms with Crippen molar-refractivity contribution in [2.24, 2.45) is 11.8 Å². The number of aliphatic carboxylic acids is 1. The lowest BCUT2D eigenvalue weighted by molar-refractivity contribution is -0.141. The van der Waals surface area contributed by atoms with Crippen LogP contribution in [-0.4, -0.2) is 22.0 Å². The molecule has 1 aromatic rings. The van der Waals surface area contributed by atoms with E-state index in [4.69, 9.17) is 5.11 Å². The molecule has 0 unspecified atom stereocenters. The van der Waals surface area contributed by atoms with Crippen molar-refractivity contribution in [3.63, 3.8) is 0 Å². The predicted molar refractivity (Wildman–Crippen MR) is 73.8 cm³/mol. The fourth-order valence-corrected chi connectivity index (χ4v) is 2.50. The molecule has 1 heterocycles. The number of aromatic nitrogens is 1. The van der Waals surface area contributed by atoms with Crippen LogP contribution in [0.1, 0.15) is 24.8 Å². The van der Waals surface area contributed by atoms with Crippen LogP contribution >= 0.6 is 15.9 Å². The first-order chi connectivity index (χ1) is 8.97. The van der Waals surface area contributed by atoms with Gasteiger partial charge in [-0.2, -0.15) is 0 Å². The van der Waals surface area contributed by atoms with E-state index in [9.17, 15) is 9.59 Å². The number of carboxylic acid groups (broad SMARTS) is 1. The molecule has 1 saturated carbocycles. The van der Waals surface area contributed by atoms with Gasteiger partial charge in [-0.15, -0.1) is 0 Å². The maximum Gasteiger partial charge on any atom is 0.306 e.